The number of benzene rings is 1. The van der Waals surface area contributed by atoms with Crippen molar-refractivity contribution in [3.63, 3.8) is 0 Å². The van der Waals surface area contributed by atoms with Crippen LogP contribution in [0.25, 0.3) is 11.0 Å². The van der Waals surface area contributed by atoms with Crippen molar-refractivity contribution in [1.29, 1.82) is 0 Å². The van der Waals surface area contributed by atoms with Crippen LogP contribution in [-0.4, -0.2) is 39.3 Å². The van der Waals surface area contributed by atoms with E-state index in [0.29, 0.717) is 25.2 Å². The van der Waals surface area contributed by atoms with E-state index in [2.05, 4.69) is 5.32 Å². The van der Waals surface area contributed by atoms with Crippen LogP contribution in [0.3, 0.4) is 0 Å². The smallest absolute Gasteiger partial charge is 0.329 e. The highest BCUT2D eigenvalue weighted by Gasteiger charge is 2.31. The molecule has 0 saturated carbocycles. The van der Waals surface area contributed by atoms with Gasteiger partial charge in [-0.1, -0.05) is 12.1 Å². The van der Waals surface area contributed by atoms with Crippen molar-refractivity contribution in [2.45, 2.75) is 44.8 Å². The summed E-state index contributed by atoms with van der Waals surface area (Å²) in [5, 5.41) is 11.1. The number of imidazole rings is 1. The Bertz CT molecular complexity index is 899. The molecule has 0 aliphatic carbocycles. The van der Waals surface area contributed by atoms with Crippen LogP contribution in [0.2, 0.25) is 0 Å². The van der Waals surface area contributed by atoms with E-state index in [9.17, 15) is 14.4 Å². The molecule has 3 rings (SSSR count). The zero-order valence-corrected chi connectivity index (χ0v) is 15.4. The van der Waals surface area contributed by atoms with Crippen LogP contribution in [-0.2, 0) is 28.0 Å². The number of amides is 2. The summed E-state index contributed by atoms with van der Waals surface area (Å²) < 4.78 is 8.73. The van der Waals surface area contributed by atoms with Gasteiger partial charge in [0.1, 0.15) is 6.04 Å². The van der Waals surface area contributed by atoms with Crippen molar-refractivity contribution in [3.8, 4) is 0 Å². The number of unbranched alkanes of at least 4 members (excludes halogenated alkanes) is 2. The van der Waals surface area contributed by atoms with E-state index < -0.39 is 11.9 Å². The Balaban J connectivity index is 1.85. The van der Waals surface area contributed by atoms with Gasteiger partial charge in [0.25, 0.3) is 0 Å². The molecule has 1 aliphatic rings. The molecule has 0 spiro atoms. The maximum atomic E-state index is 12.8. The molecular weight excluding hydrogens is 350 g/mol. The summed E-state index contributed by atoms with van der Waals surface area (Å²) in [4.78, 5) is 36.5. The number of hydrogen-bond acceptors (Lipinski definition) is 5. The molecule has 0 radical (unpaired) electrons. The van der Waals surface area contributed by atoms with Crippen LogP contribution >= 0.6 is 0 Å². The SMILES string of the molecule is Cn1c(=O)n(C2CCC(=O)NC2=O)c2cccc(COCCCCCO)c21. The quantitative estimate of drug-likeness (QED) is 0.529. The first-order valence-corrected chi connectivity index (χ1v) is 9.25. The van der Waals surface area contributed by atoms with Gasteiger partial charge in [0, 0.05) is 32.2 Å². The fourth-order valence-corrected chi connectivity index (χ4v) is 3.54. The van der Waals surface area contributed by atoms with Gasteiger partial charge in [-0.3, -0.25) is 24.0 Å². The first-order valence-electron chi connectivity index (χ1n) is 9.25. The highest BCUT2D eigenvalue weighted by Crippen LogP contribution is 2.25. The van der Waals surface area contributed by atoms with Crippen molar-refractivity contribution in [1.82, 2.24) is 14.5 Å². The molecule has 1 unspecified atom stereocenters. The number of nitrogens with one attached hydrogen (secondary N) is 1. The lowest BCUT2D eigenvalue weighted by Gasteiger charge is -2.21. The van der Waals surface area contributed by atoms with Crippen LogP contribution in [0.15, 0.2) is 23.0 Å². The number of nitrogens with zero attached hydrogens (tertiary/aromatic N) is 2. The van der Waals surface area contributed by atoms with Gasteiger partial charge in [-0.25, -0.2) is 4.79 Å². The fourth-order valence-electron chi connectivity index (χ4n) is 3.54. The maximum Gasteiger partial charge on any atom is 0.329 e. The number of carbonyl (C=O) groups excluding carboxylic acids is 2. The number of piperidine rings is 1. The summed E-state index contributed by atoms with van der Waals surface area (Å²) in [6, 6.07) is 4.87. The van der Waals surface area contributed by atoms with Gasteiger partial charge in [-0.15, -0.1) is 0 Å². The third-order valence-electron chi connectivity index (χ3n) is 4.91. The summed E-state index contributed by atoms with van der Waals surface area (Å²) in [7, 11) is 1.68. The molecule has 2 N–H and O–H groups in total. The van der Waals surface area contributed by atoms with E-state index >= 15 is 0 Å². The summed E-state index contributed by atoms with van der Waals surface area (Å²) in [6.45, 7) is 1.14. The molecule has 2 aromatic rings. The Morgan fingerprint density at radius 2 is 2.04 bits per heavy atom. The predicted octanol–water partition coefficient (Wildman–Crippen LogP) is 0.997. The fraction of sp³-hybridized carbons (Fsp3) is 0.526. The standard InChI is InChI=1S/C19H25N3O5/c1-21-17-13(12-27-11-4-2-3-10-23)6-5-7-14(17)22(19(21)26)15-8-9-16(24)20-18(15)25/h5-7,15,23H,2-4,8-12H2,1H3,(H,20,24,25). The minimum absolute atomic E-state index is 0.190. The molecule has 1 aliphatic heterocycles. The number of hydrogen-bond donors (Lipinski definition) is 2. The lowest BCUT2D eigenvalue weighted by atomic mass is 10.1. The van der Waals surface area contributed by atoms with E-state index in [-0.39, 0.29) is 24.6 Å². The van der Waals surface area contributed by atoms with Gasteiger partial charge in [0.05, 0.1) is 17.6 Å². The van der Waals surface area contributed by atoms with E-state index in [1.165, 1.54) is 9.13 Å². The number of imide groups is 1. The topological polar surface area (TPSA) is 103 Å². The number of ether oxygens (including phenoxy) is 1. The number of aromatic nitrogens is 2. The van der Waals surface area contributed by atoms with E-state index in [0.717, 1.165) is 30.3 Å². The highest BCUT2D eigenvalue weighted by molar-refractivity contribution is 6.00. The molecule has 1 fully saturated rings. The van der Waals surface area contributed by atoms with Crippen molar-refractivity contribution in [3.05, 3.63) is 34.2 Å². The Hall–Kier alpha value is -2.45. The number of rotatable bonds is 8. The molecule has 146 valence electrons. The van der Waals surface area contributed by atoms with E-state index in [1.807, 2.05) is 18.2 Å². The maximum absolute atomic E-state index is 12.8. The Kier molecular flexibility index (Phi) is 6.08. The van der Waals surface area contributed by atoms with Crippen LogP contribution in [0.5, 0.6) is 0 Å². The second-order valence-electron chi connectivity index (χ2n) is 6.80. The number of carbonyl (C=O) groups is 2. The Morgan fingerprint density at radius 3 is 2.78 bits per heavy atom. The first kappa shape index (κ1) is 19.3. The van der Waals surface area contributed by atoms with Crippen molar-refractivity contribution < 1.29 is 19.4 Å². The van der Waals surface area contributed by atoms with Crippen LogP contribution < -0.4 is 11.0 Å². The molecule has 1 aromatic carbocycles. The third-order valence-corrected chi connectivity index (χ3v) is 4.91. The summed E-state index contributed by atoms with van der Waals surface area (Å²) in [5.74, 6) is -0.744. The normalized spacial score (nSPS) is 17.5. The highest BCUT2D eigenvalue weighted by atomic mass is 16.5. The van der Waals surface area contributed by atoms with Crippen molar-refractivity contribution in [2.75, 3.05) is 13.2 Å². The van der Waals surface area contributed by atoms with Gasteiger partial charge in [0.15, 0.2) is 0 Å². The van der Waals surface area contributed by atoms with Gasteiger partial charge < -0.3 is 9.84 Å². The van der Waals surface area contributed by atoms with Crippen LogP contribution in [0, 0.1) is 0 Å². The zero-order valence-electron chi connectivity index (χ0n) is 15.4. The molecule has 0 bridgehead atoms. The van der Waals surface area contributed by atoms with Gasteiger partial charge in [-0.2, -0.15) is 0 Å². The average Bonchev–Trinajstić information content (AvgIpc) is 2.90. The molecule has 8 heteroatoms. The summed E-state index contributed by atoms with van der Waals surface area (Å²) >= 11 is 0. The Labute approximate surface area is 156 Å². The number of aliphatic hydroxyl groups excluding tert-OH is 1. The summed E-state index contributed by atoms with van der Waals surface area (Å²) in [6.07, 6.45) is 3.07. The molecule has 27 heavy (non-hydrogen) atoms. The van der Waals surface area contributed by atoms with Crippen LogP contribution in [0.1, 0.15) is 43.7 Å². The number of fused-ring (bicyclic) bond motifs is 1. The minimum atomic E-state index is -0.687. The van der Waals surface area contributed by atoms with Crippen molar-refractivity contribution >= 4 is 22.8 Å². The predicted molar refractivity (Wildman–Crippen MR) is 99.2 cm³/mol. The van der Waals surface area contributed by atoms with Crippen molar-refractivity contribution in [2.24, 2.45) is 7.05 Å². The number of aryl methyl sites for hydroxylation is 1. The average molecular weight is 375 g/mol. The minimum Gasteiger partial charge on any atom is -0.396 e. The monoisotopic (exact) mass is 375 g/mol. The molecule has 2 heterocycles. The summed E-state index contributed by atoms with van der Waals surface area (Å²) in [5.41, 5.74) is 2.00. The molecule has 1 aromatic heterocycles. The second-order valence-corrected chi connectivity index (χ2v) is 6.80. The van der Waals surface area contributed by atoms with Gasteiger partial charge in [-0.05, 0) is 31.7 Å². The lowest BCUT2D eigenvalue weighted by Crippen LogP contribution is -2.44. The largest absolute Gasteiger partial charge is 0.396 e. The Morgan fingerprint density at radius 1 is 1.22 bits per heavy atom. The molecule has 8 nitrogen and oxygen atoms in total. The number of aliphatic hydroxyl groups is 1. The third kappa shape index (κ3) is 3.96. The molecule has 1 saturated heterocycles. The van der Waals surface area contributed by atoms with E-state index in [1.54, 1.807) is 7.05 Å². The van der Waals surface area contributed by atoms with Crippen LogP contribution in [0.4, 0.5) is 0 Å². The van der Waals surface area contributed by atoms with E-state index in [4.69, 9.17) is 9.84 Å². The molecule has 2 amide bonds. The first-order chi connectivity index (χ1) is 13.0. The lowest BCUT2D eigenvalue weighted by molar-refractivity contribution is -0.135. The zero-order chi connectivity index (χ0) is 19.4. The number of para-hydroxylation sites is 1. The molecular formula is C19H25N3O5. The van der Waals surface area contributed by atoms with Gasteiger partial charge in [0.2, 0.25) is 11.8 Å². The van der Waals surface area contributed by atoms with Gasteiger partial charge >= 0.3 is 5.69 Å². The second kappa shape index (κ2) is 8.49. The molecule has 1 atom stereocenters.